The highest BCUT2D eigenvalue weighted by Gasteiger charge is 2.05. The van der Waals surface area contributed by atoms with E-state index in [9.17, 15) is 4.79 Å². The summed E-state index contributed by atoms with van der Waals surface area (Å²) < 4.78 is 4.91. The van der Waals surface area contributed by atoms with Crippen LogP contribution in [0.3, 0.4) is 0 Å². The first kappa shape index (κ1) is 24.1. The van der Waals surface area contributed by atoms with E-state index in [0.717, 1.165) is 48.9 Å². The molecule has 1 heterocycles. The molecule has 0 saturated carbocycles. The molecular weight excluding hydrogens is 451 g/mol. The smallest absolute Gasteiger partial charge is 0.305 e. The third-order valence-corrected chi connectivity index (χ3v) is 4.68. The Morgan fingerprint density at radius 1 is 1.20 bits per heavy atom. The van der Waals surface area contributed by atoms with E-state index in [1.54, 1.807) is 18.4 Å². The lowest BCUT2D eigenvalue weighted by Gasteiger charge is -2.10. The van der Waals surface area contributed by atoms with Gasteiger partial charge in [-0.1, -0.05) is 12.8 Å². The average molecular weight is 482 g/mol. The number of hydrogen-bond acceptors (Lipinski definition) is 5. The average Bonchev–Trinajstić information content (AvgIpc) is 2.88. The van der Waals surface area contributed by atoms with Gasteiger partial charge in [-0.3, -0.25) is 9.79 Å². The molecule has 0 fully saturated rings. The van der Waals surface area contributed by atoms with E-state index < -0.39 is 0 Å². The third kappa shape index (κ3) is 10.6. The van der Waals surface area contributed by atoms with Gasteiger partial charge >= 0.3 is 5.97 Å². The molecule has 0 saturated heterocycles. The van der Waals surface area contributed by atoms with Crippen molar-refractivity contribution < 1.29 is 9.53 Å². The van der Waals surface area contributed by atoms with Crippen molar-refractivity contribution in [1.82, 2.24) is 15.6 Å². The SMILES string of the molecule is CCOC(=O)CCCCCCNC(=NC)NCc1nc(C)c(C)s1.I. The van der Waals surface area contributed by atoms with Gasteiger partial charge in [0.1, 0.15) is 5.01 Å². The molecule has 0 aliphatic carbocycles. The number of unbranched alkanes of at least 4 members (excludes halogenated alkanes) is 3. The monoisotopic (exact) mass is 482 g/mol. The van der Waals surface area contributed by atoms with Gasteiger partial charge in [0.25, 0.3) is 0 Å². The standard InChI is InChI=1S/C17H30N4O2S.HI/c1-5-23-16(22)10-8-6-7-9-11-19-17(18-4)20-12-15-21-13(2)14(3)24-15;/h5-12H2,1-4H3,(H2,18,19,20);1H. The van der Waals surface area contributed by atoms with Gasteiger partial charge in [0, 0.05) is 24.9 Å². The Morgan fingerprint density at radius 2 is 1.92 bits per heavy atom. The van der Waals surface area contributed by atoms with Crippen molar-refractivity contribution >= 4 is 47.2 Å². The molecule has 1 aromatic heterocycles. The van der Waals surface area contributed by atoms with Gasteiger partial charge in [-0.2, -0.15) is 0 Å². The fourth-order valence-corrected chi connectivity index (χ4v) is 3.06. The van der Waals surface area contributed by atoms with Crippen molar-refractivity contribution in [2.45, 2.75) is 59.4 Å². The fourth-order valence-electron chi connectivity index (χ4n) is 2.18. The maximum Gasteiger partial charge on any atom is 0.305 e. The van der Waals surface area contributed by atoms with E-state index in [-0.39, 0.29) is 29.9 Å². The van der Waals surface area contributed by atoms with E-state index in [1.807, 2.05) is 13.8 Å². The fraction of sp³-hybridized carbons (Fsp3) is 0.706. The molecule has 0 radical (unpaired) electrons. The largest absolute Gasteiger partial charge is 0.466 e. The maximum atomic E-state index is 11.2. The summed E-state index contributed by atoms with van der Waals surface area (Å²) >= 11 is 1.72. The summed E-state index contributed by atoms with van der Waals surface area (Å²) in [6, 6.07) is 0. The van der Waals surface area contributed by atoms with Crippen molar-refractivity contribution in [3.05, 3.63) is 15.6 Å². The van der Waals surface area contributed by atoms with Crippen LogP contribution in [-0.4, -0.2) is 37.1 Å². The minimum absolute atomic E-state index is 0. The van der Waals surface area contributed by atoms with E-state index in [4.69, 9.17) is 4.74 Å². The number of carbonyl (C=O) groups is 1. The van der Waals surface area contributed by atoms with Gasteiger partial charge in [-0.25, -0.2) is 4.98 Å². The molecule has 0 bridgehead atoms. The highest BCUT2D eigenvalue weighted by Crippen LogP contribution is 2.15. The normalized spacial score (nSPS) is 11.0. The molecular formula is C17H31IN4O2S. The zero-order chi connectivity index (χ0) is 17.8. The lowest BCUT2D eigenvalue weighted by molar-refractivity contribution is -0.143. The molecule has 0 amide bonds. The van der Waals surface area contributed by atoms with Gasteiger partial charge in [0.05, 0.1) is 18.8 Å². The number of nitrogens with zero attached hydrogens (tertiary/aromatic N) is 2. The number of hydrogen-bond donors (Lipinski definition) is 2. The third-order valence-electron chi connectivity index (χ3n) is 3.61. The number of carbonyl (C=O) groups excluding carboxylic acids is 1. The van der Waals surface area contributed by atoms with Gasteiger partial charge < -0.3 is 15.4 Å². The predicted octanol–water partition coefficient (Wildman–Crippen LogP) is 3.56. The van der Waals surface area contributed by atoms with Crippen LogP contribution < -0.4 is 10.6 Å². The molecule has 8 heteroatoms. The number of aromatic nitrogens is 1. The maximum absolute atomic E-state index is 11.2. The van der Waals surface area contributed by atoms with Gasteiger partial charge in [-0.05, 0) is 33.6 Å². The van der Waals surface area contributed by atoms with Crippen LogP contribution in [0.5, 0.6) is 0 Å². The minimum Gasteiger partial charge on any atom is -0.466 e. The first-order valence-corrected chi connectivity index (χ1v) is 9.41. The van der Waals surface area contributed by atoms with E-state index in [1.165, 1.54) is 4.88 Å². The molecule has 1 aromatic rings. The van der Waals surface area contributed by atoms with Crippen LogP contribution in [0.15, 0.2) is 4.99 Å². The number of halogens is 1. The number of aryl methyl sites for hydroxylation is 2. The van der Waals surface area contributed by atoms with Gasteiger partial charge in [0.15, 0.2) is 5.96 Å². The molecule has 0 atom stereocenters. The Labute approximate surface area is 172 Å². The molecule has 0 unspecified atom stereocenters. The van der Waals surface area contributed by atoms with Gasteiger partial charge in [-0.15, -0.1) is 35.3 Å². The Morgan fingerprint density at radius 3 is 2.52 bits per heavy atom. The van der Waals surface area contributed by atoms with Crippen LogP contribution in [-0.2, 0) is 16.1 Å². The van der Waals surface area contributed by atoms with Crippen LogP contribution in [0.4, 0.5) is 0 Å². The summed E-state index contributed by atoms with van der Waals surface area (Å²) in [7, 11) is 1.77. The summed E-state index contributed by atoms with van der Waals surface area (Å²) in [5, 5.41) is 7.66. The second-order valence-corrected chi connectivity index (χ2v) is 6.86. The number of guanidine groups is 1. The molecule has 6 nitrogen and oxygen atoms in total. The Hall–Kier alpha value is -0.900. The number of thiazole rings is 1. The summed E-state index contributed by atoms with van der Waals surface area (Å²) in [4.78, 5) is 21.2. The molecule has 0 spiro atoms. The van der Waals surface area contributed by atoms with Crippen LogP contribution in [0.1, 0.15) is 54.6 Å². The van der Waals surface area contributed by atoms with Crippen molar-refractivity contribution in [2.24, 2.45) is 4.99 Å². The summed E-state index contributed by atoms with van der Waals surface area (Å²) in [5.41, 5.74) is 1.10. The number of aliphatic imine (C=N–C) groups is 1. The highest BCUT2D eigenvalue weighted by molar-refractivity contribution is 14.0. The van der Waals surface area contributed by atoms with E-state index in [2.05, 4.69) is 27.5 Å². The Bertz CT molecular complexity index is 515. The summed E-state index contributed by atoms with van der Waals surface area (Å²) in [6.45, 7) is 7.99. The zero-order valence-corrected chi connectivity index (χ0v) is 18.8. The Balaban J connectivity index is 0.00000576. The van der Waals surface area contributed by atoms with Crippen molar-refractivity contribution in [3.63, 3.8) is 0 Å². The highest BCUT2D eigenvalue weighted by atomic mass is 127. The first-order valence-electron chi connectivity index (χ1n) is 8.59. The van der Waals surface area contributed by atoms with Gasteiger partial charge in [0.2, 0.25) is 0 Å². The topological polar surface area (TPSA) is 75.6 Å². The van der Waals surface area contributed by atoms with Crippen molar-refractivity contribution in [1.29, 1.82) is 0 Å². The van der Waals surface area contributed by atoms with Crippen LogP contribution in [0, 0.1) is 13.8 Å². The molecule has 0 aliphatic heterocycles. The molecule has 0 aliphatic rings. The molecule has 2 N–H and O–H groups in total. The number of ether oxygens (including phenoxy) is 1. The van der Waals surface area contributed by atoms with Crippen LogP contribution in [0.2, 0.25) is 0 Å². The molecule has 1 rings (SSSR count). The summed E-state index contributed by atoms with van der Waals surface area (Å²) in [5.74, 6) is 0.708. The van der Waals surface area contributed by atoms with Crippen molar-refractivity contribution in [3.8, 4) is 0 Å². The number of rotatable bonds is 10. The number of nitrogens with one attached hydrogen (secondary N) is 2. The second kappa shape index (κ2) is 14.3. The molecule has 25 heavy (non-hydrogen) atoms. The second-order valence-electron chi connectivity index (χ2n) is 5.57. The van der Waals surface area contributed by atoms with Crippen LogP contribution >= 0.6 is 35.3 Å². The summed E-state index contributed by atoms with van der Waals surface area (Å²) in [6.07, 6.45) is 4.61. The Kier molecular flexibility index (Phi) is 13.8. The number of esters is 1. The lowest BCUT2D eigenvalue weighted by atomic mass is 10.1. The molecule has 0 aromatic carbocycles. The zero-order valence-electron chi connectivity index (χ0n) is 15.7. The van der Waals surface area contributed by atoms with E-state index >= 15 is 0 Å². The molecule has 144 valence electrons. The first-order chi connectivity index (χ1) is 11.6. The van der Waals surface area contributed by atoms with E-state index in [0.29, 0.717) is 19.6 Å². The van der Waals surface area contributed by atoms with Crippen LogP contribution in [0.25, 0.3) is 0 Å². The van der Waals surface area contributed by atoms with Crippen molar-refractivity contribution in [2.75, 3.05) is 20.2 Å². The lowest BCUT2D eigenvalue weighted by Crippen LogP contribution is -2.37. The predicted molar refractivity (Wildman–Crippen MR) is 115 cm³/mol. The minimum atomic E-state index is -0.0899. The quantitative estimate of drug-likeness (QED) is 0.175.